The van der Waals surface area contributed by atoms with E-state index in [1.165, 1.54) is 12.1 Å². The molecule has 25 heavy (non-hydrogen) atoms. The van der Waals surface area contributed by atoms with Gasteiger partial charge in [-0.05, 0) is 55.8 Å². The molecular formula is C19H17ClN2O3. The summed E-state index contributed by atoms with van der Waals surface area (Å²) in [6.07, 6.45) is 0. The molecule has 1 heterocycles. The van der Waals surface area contributed by atoms with E-state index in [-0.39, 0.29) is 11.5 Å². The zero-order valence-electron chi connectivity index (χ0n) is 13.8. The third-order valence-corrected chi connectivity index (χ3v) is 4.41. The van der Waals surface area contributed by atoms with Gasteiger partial charge in [0.15, 0.2) is 0 Å². The number of halogens is 1. The van der Waals surface area contributed by atoms with Crippen LogP contribution in [0.1, 0.15) is 33.3 Å². The van der Waals surface area contributed by atoms with Crippen molar-refractivity contribution in [1.29, 1.82) is 0 Å². The molecular weight excluding hydrogens is 340 g/mol. The molecule has 0 radical (unpaired) electrons. The van der Waals surface area contributed by atoms with E-state index in [1.807, 2.05) is 30.5 Å². The lowest BCUT2D eigenvalue weighted by Gasteiger charge is -2.10. The Morgan fingerprint density at radius 1 is 1.20 bits per heavy atom. The summed E-state index contributed by atoms with van der Waals surface area (Å²) in [5, 5.41) is 13.4. The molecule has 0 spiro atoms. The van der Waals surface area contributed by atoms with Crippen molar-refractivity contribution < 1.29 is 14.7 Å². The molecule has 1 aromatic heterocycles. The zero-order valence-corrected chi connectivity index (χ0v) is 14.6. The molecule has 2 aromatic carbocycles. The molecule has 128 valence electrons. The van der Waals surface area contributed by atoms with E-state index >= 15 is 0 Å². The maximum absolute atomic E-state index is 12.8. The van der Waals surface area contributed by atoms with E-state index in [9.17, 15) is 9.59 Å². The highest BCUT2D eigenvalue weighted by Gasteiger charge is 2.20. The van der Waals surface area contributed by atoms with Crippen LogP contribution in [0.3, 0.4) is 0 Å². The highest BCUT2D eigenvalue weighted by molar-refractivity contribution is 6.31. The van der Waals surface area contributed by atoms with Crippen LogP contribution in [0.15, 0.2) is 42.5 Å². The van der Waals surface area contributed by atoms with Crippen molar-refractivity contribution >= 4 is 40.1 Å². The normalized spacial score (nSPS) is 10.8. The number of carbonyl (C=O) groups excluding carboxylic acids is 1. The number of benzene rings is 2. The Labute approximate surface area is 149 Å². The number of fused-ring (bicyclic) bond motifs is 1. The van der Waals surface area contributed by atoms with Crippen LogP contribution in [0.2, 0.25) is 5.02 Å². The Kier molecular flexibility index (Phi) is 4.51. The molecule has 3 aromatic rings. The molecule has 0 saturated heterocycles. The largest absolute Gasteiger partial charge is 0.478 e. The van der Waals surface area contributed by atoms with E-state index in [2.05, 4.69) is 5.32 Å². The SMILES string of the molecule is CCn1c(C(=O)Nc2cccc(C(=O)O)c2)c(C)c2cc(Cl)ccc21. The van der Waals surface area contributed by atoms with Crippen molar-refractivity contribution in [3.63, 3.8) is 0 Å². The van der Waals surface area contributed by atoms with Gasteiger partial charge in [-0.2, -0.15) is 0 Å². The summed E-state index contributed by atoms with van der Waals surface area (Å²) < 4.78 is 1.93. The van der Waals surface area contributed by atoms with Gasteiger partial charge in [0.05, 0.1) is 5.56 Å². The fourth-order valence-electron chi connectivity index (χ4n) is 3.04. The molecule has 0 bridgehead atoms. The van der Waals surface area contributed by atoms with Gasteiger partial charge in [-0.25, -0.2) is 4.79 Å². The molecule has 0 unspecified atom stereocenters. The molecule has 5 nitrogen and oxygen atoms in total. The number of amides is 1. The number of carboxylic acids is 1. The average Bonchev–Trinajstić information content (AvgIpc) is 2.86. The number of nitrogens with one attached hydrogen (secondary N) is 1. The number of nitrogens with zero attached hydrogens (tertiary/aromatic N) is 1. The average molecular weight is 357 g/mol. The third-order valence-electron chi connectivity index (χ3n) is 4.18. The van der Waals surface area contributed by atoms with Crippen LogP contribution in [-0.4, -0.2) is 21.6 Å². The third kappa shape index (κ3) is 3.10. The molecule has 0 aliphatic heterocycles. The summed E-state index contributed by atoms with van der Waals surface area (Å²) in [5.41, 5.74) is 2.88. The minimum absolute atomic E-state index is 0.123. The van der Waals surface area contributed by atoms with E-state index in [0.717, 1.165) is 16.5 Å². The Balaban J connectivity index is 2.04. The summed E-state index contributed by atoms with van der Waals surface area (Å²) in [7, 11) is 0. The smallest absolute Gasteiger partial charge is 0.335 e. The number of aromatic nitrogens is 1. The number of carbonyl (C=O) groups is 2. The van der Waals surface area contributed by atoms with Crippen molar-refractivity contribution in [3.05, 3.63) is 64.3 Å². The summed E-state index contributed by atoms with van der Waals surface area (Å²) in [6.45, 7) is 4.48. The number of anilines is 1. The van der Waals surface area contributed by atoms with Gasteiger partial charge in [0, 0.05) is 28.2 Å². The van der Waals surface area contributed by atoms with Gasteiger partial charge in [0.25, 0.3) is 5.91 Å². The van der Waals surface area contributed by atoms with Crippen molar-refractivity contribution in [3.8, 4) is 0 Å². The van der Waals surface area contributed by atoms with Crippen molar-refractivity contribution in [2.75, 3.05) is 5.32 Å². The van der Waals surface area contributed by atoms with Crippen LogP contribution >= 0.6 is 11.6 Å². The van der Waals surface area contributed by atoms with E-state index in [1.54, 1.807) is 18.2 Å². The van der Waals surface area contributed by atoms with Crippen LogP contribution in [0.5, 0.6) is 0 Å². The lowest BCUT2D eigenvalue weighted by atomic mass is 10.1. The lowest BCUT2D eigenvalue weighted by Crippen LogP contribution is -2.18. The van der Waals surface area contributed by atoms with E-state index in [0.29, 0.717) is 22.9 Å². The monoisotopic (exact) mass is 356 g/mol. The predicted molar refractivity (Wildman–Crippen MR) is 98.7 cm³/mol. The van der Waals surface area contributed by atoms with Crippen molar-refractivity contribution in [1.82, 2.24) is 4.57 Å². The van der Waals surface area contributed by atoms with Gasteiger partial charge >= 0.3 is 5.97 Å². The number of rotatable bonds is 4. The summed E-state index contributed by atoms with van der Waals surface area (Å²) in [6, 6.07) is 11.7. The highest BCUT2D eigenvalue weighted by Crippen LogP contribution is 2.29. The fraction of sp³-hybridized carbons (Fsp3) is 0.158. The molecule has 0 aliphatic carbocycles. The number of hydrogen-bond acceptors (Lipinski definition) is 2. The molecule has 0 saturated carbocycles. The summed E-state index contributed by atoms with van der Waals surface area (Å²) in [5.74, 6) is -1.32. The van der Waals surface area contributed by atoms with E-state index < -0.39 is 5.97 Å². The first-order valence-electron chi connectivity index (χ1n) is 7.85. The van der Waals surface area contributed by atoms with Crippen LogP contribution in [0.25, 0.3) is 10.9 Å². The second kappa shape index (κ2) is 6.61. The number of hydrogen-bond donors (Lipinski definition) is 2. The number of aromatic carboxylic acids is 1. The van der Waals surface area contributed by atoms with Crippen molar-refractivity contribution in [2.24, 2.45) is 0 Å². The number of aryl methyl sites for hydroxylation is 2. The first-order chi connectivity index (χ1) is 11.9. The van der Waals surface area contributed by atoms with Gasteiger partial charge in [-0.1, -0.05) is 17.7 Å². The van der Waals surface area contributed by atoms with Crippen LogP contribution in [0, 0.1) is 6.92 Å². The zero-order chi connectivity index (χ0) is 18.1. The Morgan fingerprint density at radius 3 is 2.64 bits per heavy atom. The van der Waals surface area contributed by atoms with Gasteiger partial charge in [0.1, 0.15) is 5.69 Å². The summed E-state index contributed by atoms with van der Waals surface area (Å²) in [4.78, 5) is 23.9. The molecule has 3 rings (SSSR count). The molecule has 2 N–H and O–H groups in total. The summed E-state index contributed by atoms with van der Waals surface area (Å²) >= 11 is 6.09. The van der Waals surface area contributed by atoms with Gasteiger partial charge < -0.3 is 15.0 Å². The fourth-order valence-corrected chi connectivity index (χ4v) is 3.21. The Hall–Kier alpha value is -2.79. The Morgan fingerprint density at radius 2 is 1.96 bits per heavy atom. The predicted octanol–water partition coefficient (Wildman–Crippen LogP) is 4.57. The maximum Gasteiger partial charge on any atom is 0.335 e. The second-order valence-corrected chi connectivity index (χ2v) is 6.16. The quantitative estimate of drug-likeness (QED) is 0.719. The first kappa shape index (κ1) is 17.0. The second-order valence-electron chi connectivity index (χ2n) is 5.72. The topological polar surface area (TPSA) is 71.3 Å². The minimum Gasteiger partial charge on any atom is -0.478 e. The Bertz CT molecular complexity index is 992. The van der Waals surface area contributed by atoms with Gasteiger partial charge in [-0.3, -0.25) is 4.79 Å². The molecule has 1 amide bonds. The van der Waals surface area contributed by atoms with E-state index in [4.69, 9.17) is 16.7 Å². The van der Waals surface area contributed by atoms with Crippen LogP contribution in [-0.2, 0) is 6.54 Å². The molecule has 0 aliphatic rings. The molecule has 0 fully saturated rings. The maximum atomic E-state index is 12.8. The van der Waals surface area contributed by atoms with Gasteiger partial charge in [0.2, 0.25) is 0 Å². The van der Waals surface area contributed by atoms with Crippen LogP contribution in [0.4, 0.5) is 5.69 Å². The standard InChI is InChI=1S/C19H17ClN2O3/c1-3-22-16-8-7-13(20)10-15(16)11(2)17(22)18(23)21-14-6-4-5-12(9-14)19(24)25/h4-10H,3H2,1-2H3,(H,21,23)(H,24,25). The first-order valence-corrected chi connectivity index (χ1v) is 8.23. The molecule has 0 atom stereocenters. The van der Waals surface area contributed by atoms with Crippen LogP contribution < -0.4 is 5.32 Å². The highest BCUT2D eigenvalue weighted by atomic mass is 35.5. The number of carboxylic acid groups (broad SMARTS) is 1. The molecule has 6 heteroatoms. The van der Waals surface area contributed by atoms with Gasteiger partial charge in [-0.15, -0.1) is 0 Å². The lowest BCUT2D eigenvalue weighted by molar-refractivity contribution is 0.0696. The minimum atomic E-state index is -1.04. The van der Waals surface area contributed by atoms with Crippen molar-refractivity contribution in [2.45, 2.75) is 20.4 Å².